The molecule has 1 saturated heterocycles. The molecule has 1 rings (SSSR count). The molecule has 0 N–H and O–H groups in total. The Balaban J connectivity index is 1.80. The second kappa shape index (κ2) is 10.9. The van der Waals surface area contributed by atoms with Gasteiger partial charge in [-0.25, -0.2) is 4.79 Å². The molecule has 0 radical (unpaired) electrons. The SMILES string of the molecule is C/C=C1\C(=O)OC1CCCCCCCCCCCCC. The molecule has 0 amide bonds. The summed E-state index contributed by atoms with van der Waals surface area (Å²) < 4.78 is 5.13. The number of carbonyl (C=O) groups is 1. The van der Waals surface area contributed by atoms with Crippen molar-refractivity contribution in [1.29, 1.82) is 0 Å². The third-order valence-corrected chi connectivity index (χ3v) is 4.21. The first kappa shape index (κ1) is 17.3. The molecule has 1 heterocycles. The van der Waals surface area contributed by atoms with Crippen LogP contribution in [0.4, 0.5) is 0 Å². The van der Waals surface area contributed by atoms with Crippen LogP contribution in [0.2, 0.25) is 0 Å². The number of rotatable bonds is 12. The Morgan fingerprint density at radius 1 is 0.900 bits per heavy atom. The van der Waals surface area contributed by atoms with Gasteiger partial charge < -0.3 is 4.74 Å². The molecular formula is C18H32O2. The van der Waals surface area contributed by atoms with Crippen LogP contribution in [0.5, 0.6) is 0 Å². The van der Waals surface area contributed by atoms with Gasteiger partial charge in [0.1, 0.15) is 6.10 Å². The molecule has 0 aromatic heterocycles. The van der Waals surface area contributed by atoms with Gasteiger partial charge in [-0.3, -0.25) is 0 Å². The summed E-state index contributed by atoms with van der Waals surface area (Å²) >= 11 is 0. The summed E-state index contributed by atoms with van der Waals surface area (Å²) in [4.78, 5) is 11.1. The number of allylic oxidation sites excluding steroid dienone is 1. The standard InChI is InChI=1S/C18H32O2/c1-3-5-6-7-8-9-10-11-12-13-14-15-17-16(4-2)18(19)20-17/h4,17H,3,5-15H2,1-2H3/b16-4-. The number of hydrogen-bond acceptors (Lipinski definition) is 2. The van der Waals surface area contributed by atoms with Crippen LogP contribution in [0, 0.1) is 0 Å². The first-order valence-electron chi connectivity index (χ1n) is 8.66. The highest BCUT2D eigenvalue weighted by atomic mass is 16.6. The third kappa shape index (κ3) is 6.58. The van der Waals surface area contributed by atoms with Gasteiger partial charge in [-0.2, -0.15) is 0 Å². The first-order chi connectivity index (χ1) is 9.79. The van der Waals surface area contributed by atoms with Crippen LogP contribution in [0.25, 0.3) is 0 Å². The lowest BCUT2D eigenvalue weighted by Gasteiger charge is -2.28. The molecule has 0 aromatic carbocycles. The number of ether oxygens (including phenoxy) is 1. The maximum atomic E-state index is 11.1. The Morgan fingerprint density at radius 2 is 1.40 bits per heavy atom. The van der Waals surface area contributed by atoms with Crippen LogP contribution >= 0.6 is 0 Å². The van der Waals surface area contributed by atoms with E-state index in [9.17, 15) is 4.79 Å². The summed E-state index contributed by atoms with van der Waals surface area (Å²) in [6.45, 7) is 4.19. The van der Waals surface area contributed by atoms with E-state index >= 15 is 0 Å². The number of carbonyl (C=O) groups excluding carboxylic acids is 1. The molecule has 0 aliphatic carbocycles. The van der Waals surface area contributed by atoms with Crippen molar-refractivity contribution in [1.82, 2.24) is 0 Å². The molecule has 116 valence electrons. The van der Waals surface area contributed by atoms with Crippen LogP contribution in [-0.4, -0.2) is 12.1 Å². The normalized spacial score (nSPS) is 20.0. The van der Waals surface area contributed by atoms with Crippen molar-refractivity contribution >= 4 is 5.97 Å². The fourth-order valence-electron chi connectivity index (χ4n) is 2.85. The monoisotopic (exact) mass is 280 g/mol. The zero-order valence-corrected chi connectivity index (χ0v) is 13.5. The lowest BCUT2D eigenvalue weighted by atomic mass is 9.97. The van der Waals surface area contributed by atoms with E-state index in [1.807, 2.05) is 13.0 Å². The molecule has 1 aliphatic rings. The maximum Gasteiger partial charge on any atom is 0.338 e. The average Bonchev–Trinajstić information content (AvgIpc) is 2.43. The van der Waals surface area contributed by atoms with E-state index in [0.29, 0.717) is 0 Å². The molecule has 1 aliphatic heterocycles. The molecule has 2 nitrogen and oxygen atoms in total. The minimum atomic E-state index is -0.111. The van der Waals surface area contributed by atoms with E-state index in [0.717, 1.165) is 12.0 Å². The number of cyclic esters (lactones) is 1. The summed E-state index contributed by atoms with van der Waals surface area (Å²) in [5, 5.41) is 0. The predicted octanol–water partition coefficient (Wildman–Crippen LogP) is 5.56. The van der Waals surface area contributed by atoms with Crippen molar-refractivity contribution in [3.8, 4) is 0 Å². The summed E-state index contributed by atoms with van der Waals surface area (Å²) in [5.74, 6) is -0.111. The summed E-state index contributed by atoms with van der Waals surface area (Å²) in [7, 11) is 0. The van der Waals surface area contributed by atoms with Gasteiger partial charge in [-0.05, 0) is 19.8 Å². The molecule has 0 bridgehead atoms. The molecule has 0 saturated carbocycles. The van der Waals surface area contributed by atoms with Gasteiger partial charge in [0.25, 0.3) is 0 Å². The molecule has 1 fully saturated rings. The molecule has 0 spiro atoms. The highest BCUT2D eigenvalue weighted by molar-refractivity contribution is 5.95. The highest BCUT2D eigenvalue weighted by Crippen LogP contribution is 2.26. The predicted molar refractivity (Wildman–Crippen MR) is 84.7 cm³/mol. The lowest BCUT2D eigenvalue weighted by molar-refractivity contribution is -0.156. The topological polar surface area (TPSA) is 26.3 Å². The van der Waals surface area contributed by atoms with Gasteiger partial charge in [-0.15, -0.1) is 0 Å². The van der Waals surface area contributed by atoms with E-state index in [2.05, 4.69) is 6.92 Å². The quantitative estimate of drug-likeness (QED) is 0.266. The fraction of sp³-hybridized carbons (Fsp3) is 0.833. The average molecular weight is 280 g/mol. The number of esters is 1. The van der Waals surface area contributed by atoms with Crippen molar-refractivity contribution in [3.05, 3.63) is 11.6 Å². The van der Waals surface area contributed by atoms with Crippen molar-refractivity contribution < 1.29 is 9.53 Å². The van der Waals surface area contributed by atoms with E-state index in [-0.39, 0.29) is 12.1 Å². The minimum Gasteiger partial charge on any atom is -0.454 e. The molecule has 0 aromatic rings. The van der Waals surface area contributed by atoms with E-state index < -0.39 is 0 Å². The zero-order chi connectivity index (χ0) is 14.6. The Labute approximate surface area is 125 Å². The van der Waals surface area contributed by atoms with Crippen molar-refractivity contribution in [2.24, 2.45) is 0 Å². The maximum absolute atomic E-state index is 11.1. The Kier molecular flexibility index (Phi) is 9.44. The Hall–Kier alpha value is -0.790. The zero-order valence-electron chi connectivity index (χ0n) is 13.5. The van der Waals surface area contributed by atoms with E-state index in [1.165, 1.54) is 70.6 Å². The van der Waals surface area contributed by atoms with Crippen molar-refractivity contribution in [2.75, 3.05) is 0 Å². The van der Waals surface area contributed by atoms with Gasteiger partial charge >= 0.3 is 5.97 Å². The fourth-order valence-corrected chi connectivity index (χ4v) is 2.85. The lowest BCUT2D eigenvalue weighted by Crippen LogP contribution is -2.36. The second-order valence-corrected chi connectivity index (χ2v) is 5.96. The van der Waals surface area contributed by atoms with Crippen LogP contribution < -0.4 is 0 Å². The smallest absolute Gasteiger partial charge is 0.338 e. The van der Waals surface area contributed by atoms with Gasteiger partial charge in [-0.1, -0.05) is 77.2 Å². The molecule has 2 heteroatoms. The van der Waals surface area contributed by atoms with Gasteiger partial charge in [0.05, 0.1) is 5.57 Å². The minimum absolute atomic E-state index is 0.103. The number of unbranched alkanes of at least 4 members (excludes halogenated alkanes) is 10. The van der Waals surface area contributed by atoms with Crippen LogP contribution in [-0.2, 0) is 9.53 Å². The second-order valence-electron chi connectivity index (χ2n) is 5.96. The summed E-state index contributed by atoms with van der Waals surface area (Å²) in [5.41, 5.74) is 0.886. The van der Waals surface area contributed by atoms with E-state index in [1.54, 1.807) is 0 Å². The van der Waals surface area contributed by atoms with Crippen LogP contribution in [0.15, 0.2) is 11.6 Å². The van der Waals surface area contributed by atoms with E-state index in [4.69, 9.17) is 4.74 Å². The summed E-state index contributed by atoms with van der Waals surface area (Å²) in [6, 6.07) is 0. The van der Waals surface area contributed by atoms with Gasteiger partial charge in [0.15, 0.2) is 0 Å². The first-order valence-corrected chi connectivity index (χ1v) is 8.66. The highest BCUT2D eigenvalue weighted by Gasteiger charge is 2.34. The molecule has 1 atom stereocenters. The molecule has 1 unspecified atom stereocenters. The van der Waals surface area contributed by atoms with Crippen LogP contribution in [0.3, 0.4) is 0 Å². The largest absolute Gasteiger partial charge is 0.454 e. The Bertz CT molecular complexity index is 294. The Morgan fingerprint density at radius 3 is 1.85 bits per heavy atom. The number of hydrogen-bond donors (Lipinski definition) is 0. The van der Waals surface area contributed by atoms with Crippen molar-refractivity contribution in [3.63, 3.8) is 0 Å². The van der Waals surface area contributed by atoms with Gasteiger partial charge in [0.2, 0.25) is 0 Å². The third-order valence-electron chi connectivity index (χ3n) is 4.21. The molecule has 20 heavy (non-hydrogen) atoms. The van der Waals surface area contributed by atoms with Crippen LogP contribution in [0.1, 0.15) is 90.9 Å². The summed E-state index contributed by atoms with van der Waals surface area (Å²) in [6.07, 6.45) is 18.0. The van der Waals surface area contributed by atoms with Crippen molar-refractivity contribution in [2.45, 2.75) is 97.0 Å². The molecular weight excluding hydrogens is 248 g/mol. The van der Waals surface area contributed by atoms with Gasteiger partial charge in [0, 0.05) is 0 Å².